The largest absolute Gasteiger partial charge is 0.391 e. The highest BCUT2D eigenvalue weighted by Crippen LogP contribution is 2.22. The van der Waals surface area contributed by atoms with Crippen LogP contribution in [0.25, 0.3) is 0 Å². The lowest BCUT2D eigenvalue weighted by Crippen LogP contribution is -2.48. The Morgan fingerprint density at radius 3 is 2.67 bits per heavy atom. The Hall–Kier alpha value is -0.620. The lowest BCUT2D eigenvalue weighted by Gasteiger charge is -2.34. The Bertz CT molecular complexity index is 364. The summed E-state index contributed by atoms with van der Waals surface area (Å²) in [6.07, 6.45) is 0.846. The normalized spacial score (nSPS) is 35.8. The molecule has 0 bridgehead atoms. The number of carbonyl (C=O) groups is 1. The minimum Gasteiger partial charge on any atom is -0.391 e. The molecule has 15 heavy (non-hydrogen) atoms. The van der Waals surface area contributed by atoms with Crippen molar-refractivity contribution in [2.24, 2.45) is 0 Å². The van der Waals surface area contributed by atoms with Gasteiger partial charge in [0.15, 0.2) is 9.84 Å². The number of aliphatic hydroxyl groups is 1. The Balaban J connectivity index is 2.07. The number of piperidine rings is 1. The summed E-state index contributed by atoms with van der Waals surface area (Å²) in [5, 5.41) is 9.44. The smallest absolute Gasteiger partial charge is 0.223 e. The van der Waals surface area contributed by atoms with E-state index in [1.165, 1.54) is 0 Å². The first-order chi connectivity index (χ1) is 6.98. The monoisotopic (exact) mass is 233 g/mol. The molecule has 2 aliphatic heterocycles. The molecule has 1 N–H and O–H groups in total. The summed E-state index contributed by atoms with van der Waals surface area (Å²) >= 11 is 0. The van der Waals surface area contributed by atoms with Crippen molar-refractivity contribution >= 4 is 15.7 Å². The number of aliphatic hydroxyl groups excluding tert-OH is 1. The minimum atomic E-state index is -2.96. The number of amides is 1. The predicted molar refractivity (Wildman–Crippen MR) is 54.0 cm³/mol. The van der Waals surface area contributed by atoms with E-state index in [9.17, 15) is 18.3 Å². The fourth-order valence-electron chi connectivity index (χ4n) is 2.23. The third-order valence-electron chi connectivity index (χ3n) is 3.07. The Morgan fingerprint density at radius 1 is 1.33 bits per heavy atom. The highest BCUT2D eigenvalue weighted by Gasteiger charge is 2.37. The van der Waals surface area contributed by atoms with Crippen molar-refractivity contribution in [3.63, 3.8) is 0 Å². The van der Waals surface area contributed by atoms with Crippen LogP contribution in [0.4, 0.5) is 0 Å². The lowest BCUT2D eigenvalue weighted by atomic mass is 10.0. The first kappa shape index (κ1) is 10.9. The van der Waals surface area contributed by atoms with Crippen LogP contribution in [0.1, 0.15) is 19.3 Å². The highest BCUT2D eigenvalue weighted by molar-refractivity contribution is 7.91. The summed E-state index contributed by atoms with van der Waals surface area (Å²) in [4.78, 5) is 13.1. The van der Waals surface area contributed by atoms with E-state index in [-0.39, 0.29) is 23.5 Å². The van der Waals surface area contributed by atoms with Crippen LogP contribution in [-0.4, -0.2) is 54.5 Å². The van der Waals surface area contributed by atoms with Gasteiger partial charge in [-0.05, 0) is 12.8 Å². The van der Waals surface area contributed by atoms with Gasteiger partial charge in [0.05, 0.1) is 17.6 Å². The van der Waals surface area contributed by atoms with Crippen LogP contribution >= 0.6 is 0 Å². The van der Waals surface area contributed by atoms with Gasteiger partial charge in [-0.25, -0.2) is 8.42 Å². The second-order valence-corrected chi connectivity index (χ2v) is 6.52. The molecule has 86 valence electrons. The number of nitrogens with zero attached hydrogens (tertiary/aromatic N) is 1. The Labute approximate surface area is 89.0 Å². The van der Waals surface area contributed by atoms with Crippen LogP contribution in [0.5, 0.6) is 0 Å². The van der Waals surface area contributed by atoms with Gasteiger partial charge in [0.25, 0.3) is 0 Å². The van der Waals surface area contributed by atoms with E-state index in [1.807, 2.05) is 0 Å². The third kappa shape index (κ3) is 2.31. The van der Waals surface area contributed by atoms with Crippen molar-refractivity contribution in [2.75, 3.05) is 18.1 Å². The summed E-state index contributed by atoms with van der Waals surface area (Å²) < 4.78 is 22.5. The van der Waals surface area contributed by atoms with Crippen molar-refractivity contribution in [1.82, 2.24) is 4.90 Å². The lowest BCUT2D eigenvalue weighted by molar-refractivity contribution is -0.138. The first-order valence-electron chi connectivity index (χ1n) is 5.16. The second kappa shape index (κ2) is 3.75. The minimum absolute atomic E-state index is 0.0256. The Kier molecular flexibility index (Phi) is 2.72. The number of likely N-dealkylation sites (tertiary alicyclic amines) is 1. The zero-order valence-electron chi connectivity index (χ0n) is 8.42. The van der Waals surface area contributed by atoms with E-state index < -0.39 is 15.9 Å². The van der Waals surface area contributed by atoms with E-state index in [0.717, 1.165) is 0 Å². The standard InChI is InChI=1S/C9H15NO4S/c11-8-1-2-9(12)10(5-8)7-3-4-15(13,14)6-7/h7-8,11H,1-6H2. The van der Waals surface area contributed by atoms with Gasteiger partial charge in [0.2, 0.25) is 5.91 Å². The summed E-state index contributed by atoms with van der Waals surface area (Å²) in [5.74, 6) is 0.200. The topological polar surface area (TPSA) is 74.7 Å². The first-order valence-corrected chi connectivity index (χ1v) is 6.98. The van der Waals surface area contributed by atoms with Crippen LogP contribution < -0.4 is 0 Å². The van der Waals surface area contributed by atoms with Gasteiger partial charge in [-0.1, -0.05) is 0 Å². The van der Waals surface area contributed by atoms with E-state index in [0.29, 0.717) is 25.8 Å². The van der Waals surface area contributed by atoms with Crippen LogP contribution in [0.2, 0.25) is 0 Å². The van der Waals surface area contributed by atoms with Crippen molar-refractivity contribution < 1.29 is 18.3 Å². The molecule has 6 heteroatoms. The van der Waals surface area contributed by atoms with Gasteiger partial charge in [-0.3, -0.25) is 4.79 Å². The maximum Gasteiger partial charge on any atom is 0.223 e. The van der Waals surface area contributed by atoms with Gasteiger partial charge in [0.1, 0.15) is 0 Å². The molecule has 2 atom stereocenters. The SMILES string of the molecule is O=C1CCC(O)CN1C1CCS(=O)(=O)C1. The zero-order valence-corrected chi connectivity index (χ0v) is 9.24. The van der Waals surface area contributed by atoms with E-state index >= 15 is 0 Å². The average molecular weight is 233 g/mol. The molecule has 2 saturated heterocycles. The summed E-state index contributed by atoms with van der Waals surface area (Å²) in [6, 6.07) is -0.211. The molecule has 0 radical (unpaired) electrons. The van der Waals surface area contributed by atoms with Crippen LogP contribution in [0.15, 0.2) is 0 Å². The average Bonchev–Trinajstić information content (AvgIpc) is 2.50. The molecular weight excluding hydrogens is 218 g/mol. The Morgan fingerprint density at radius 2 is 2.07 bits per heavy atom. The molecule has 0 spiro atoms. The second-order valence-electron chi connectivity index (χ2n) is 4.30. The molecule has 0 aromatic rings. The fourth-order valence-corrected chi connectivity index (χ4v) is 3.96. The van der Waals surface area contributed by atoms with Crippen LogP contribution in [0.3, 0.4) is 0 Å². The molecule has 2 fully saturated rings. The number of sulfone groups is 1. The molecule has 2 rings (SSSR count). The molecule has 1 amide bonds. The van der Waals surface area contributed by atoms with Crippen molar-refractivity contribution in [3.05, 3.63) is 0 Å². The van der Waals surface area contributed by atoms with Crippen molar-refractivity contribution in [1.29, 1.82) is 0 Å². The van der Waals surface area contributed by atoms with Gasteiger partial charge in [0, 0.05) is 19.0 Å². The van der Waals surface area contributed by atoms with Crippen molar-refractivity contribution in [3.8, 4) is 0 Å². The van der Waals surface area contributed by atoms with Crippen molar-refractivity contribution in [2.45, 2.75) is 31.4 Å². The number of carbonyl (C=O) groups excluding carboxylic acids is 1. The molecular formula is C9H15NO4S. The number of hydrogen-bond donors (Lipinski definition) is 1. The highest BCUT2D eigenvalue weighted by atomic mass is 32.2. The van der Waals surface area contributed by atoms with E-state index in [1.54, 1.807) is 4.90 Å². The van der Waals surface area contributed by atoms with E-state index in [4.69, 9.17) is 0 Å². The third-order valence-corrected chi connectivity index (χ3v) is 4.82. The summed E-state index contributed by atoms with van der Waals surface area (Å²) in [6.45, 7) is 0.291. The summed E-state index contributed by atoms with van der Waals surface area (Å²) in [5.41, 5.74) is 0. The molecule has 0 saturated carbocycles. The van der Waals surface area contributed by atoms with E-state index in [2.05, 4.69) is 0 Å². The van der Waals surface area contributed by atoms with Crippen LogP contribution in [-0.2, 0) is 14.6 Å². The maximum absolute atomic E-state index is 11.6. The van der Waals surface area contributed by atoms with Gasteiger partial charge >= 0.3 is 0 Å². The zero-order chi connectivity index (χ0) is 11.1. The quantitative estimate of drug-likeness (QED) is 0.640. The molecule has 2 aliphatic rings. The molecule has 2 heterocycles. The molecule has 0 aromatic heterocycles. The predicted octanol–water partition coefficient (Wildman–Crippen LogP) is -0.843. The molecule has 0 aromatic carbocycles. The maximum atomic E-state index is 11.6. The summed E-state index contributed by atoms with van der Waals surface area (Å²) in [7, 11) is -2.96. The number of rotatable bonds is 1. The number of hydrogen-bond acceptors (Lipinski definition) is 4. The fraction of sp³-hybridized carbons (Fsp3) is 0.889. The van der Waals surface area contributed by atoms with Crippen LogP contribution in [0, 0.1) is 0 Å². The van der Waals surface area contributed by atoms with Gasteiger partial charge in [-0.2, -0.15) is 0 Å². The van der Waals surface area contributed by atoms with Gasteiger partial charge in [-0.15, -0.1) is 0 Å². The molecule has 5 nitrogen and oxygen atoms in total. The molecule has 2 unspecified atom stereocenters. The number of β-amino-alcohol motifs (C(OH)–C–C–N with tert-alkyl or cyclic N) is 1. The molecule has 0 aliphatic carbocycles. The van der Waals surface area contributed by atoms with Gasteiger partial charge < -0.3 is 10.0 Å².